The summed E-state index contributed by atoms with van der Waals surface area (Å²) in [7, 11) is 0. The van der Waals surface area contributed by atoms with Gasteiger partial charge in [-0.25, -0.2) is 0 Å². The minimum atomic E-state index is -0.132. The third-order valence-electron chi connectivity index (χ3n) is 5.72. The molecule has 1 aliphatic heterocycles. The van der Waals surface area contributed by atoms with E-state index in [-0.39, 0.29) is 16.7 Å². The molecule has 1 N–H and O–H groups in total. The highest BCUT2D eigenvalue weighted by Crippen LogP contribution is 2.36. The van der Waals surface area contributed by atoms with Crippen LogP contribution in [0.15, 0.2) is 28.8 Å². The van der Waals surface area contributed by atoms with Gasteiger partial charge in [0.1, 0.15) is 0 Å². The van der Waals surface area contributed by atoms with Crippen LogP contribution in [0, 0.1) is 6.92 Å². The molecule has 0 radical (unpaired) electrons. The maximum absolute atomic E-state index is 12.5. The van der Waals surface area contributed by atoms with Crippen LogP contribution >= 0.6 is 0 Å². The van der Waals surface area contributed by atoms with Crippen molar-refractivity contribution in [2.75, 3.05) is 19.8 Å². The predicted octanol–water partition coefficient (Wildman–Crippen LogP) is 3.86. The van der Waals surface area contributed by atoms with E-state index < -0.39 is 0 Å². The molecule has 158 valence electrons. The highest BCUT2D eigenvalue weighted by Gasteiger charge is 2.35. The van der Waals surface area contributed by atoms with Crippen molar-refractivity contribution < 1.29 is 14.1 Å². The summed E-state index contributed by atoms with van der Waals surface area (Å²) in [5, 5.41) is 7.21. The molecule has 0 saturated carbocycles. The van der Waals surface area contributed by atoms with E-state index in [1.807, 2.05) is 0 Å². The van der Waals surface area contributed by atoms with E-state index in [0.717, 1.165) is 26.1 Å². The summed E-state index contributed by atoms with van der Waals surface area (Å²) in [5.74, 6) is 1.38. The van der Waals surface area contributed by atoms with Crippen molar-refractivity contribution >= 4 is 5.91 Å². The van der Waals surface area contributed by atoms with E-state index in [1.165, 1.54) is 11.1 Å². The first-order valence-electron chi connectivity index (χ1n) is 10.5. The Morgan fingerprint density at radius 2 is 1.93 bits per heavy atom. The number of hydrogen-bond donors (Lipinski definition) is 1. The minimum Gasteiger partial charge on any atom is -0.381 e. The van der Waals surface area contributed by atoms with Gasteiger partial charge < -0.3 is 14.6 Å². The van der Waals surface area contributed by atoms with E-state index in [4.69, 9.17) is 9.26 Å². The number of benzene rings is 1. The van der Waals surface area contributed by atoms with Crippen LogP contribution in [0.3, 0.4) is 0 Å². The minimum absolute atomic E-state index is 0.0483. The Morgan fingerprint density at radius 1 is 1.21 bits per heavy atom. The summed E-state index contributed by atoms with van der Waals surface area (Å²) in [5.41, 5.74) is 2.42. The maximum Gasteiger partial charge on any atom is 0.226 e. The van der Waals surface area contributed by atoms with Gasteiger partial charge in [0.25, 0.3) is 0 Å². The first-order valence-corrected chi connectivity index (χ1v) is 10.5. The second kappa shape index (κ2) is 9.08. The average molecular weight is 400 g/mol. The molecule has 2 heterocycles. The summed E-state index contributed by atoms with van der Waals surface area (Å²) in [6.45, 7) is 10.4. The van der Waals surface area contributed by atoms with Gasteiger partial charge in [-0.05, 0) is 37.3 Å². The van der Waals surface area contributed by atoms with E-state index in [1.54, 1.807) is 0 Å². The fourth-order valence-electron chi connectivity index (χ4n) is 3.89. The number of carbonyl (C=O) groups is 1. The number of ether oxygens (including phenoxy) is 1. The van der Waals surface area contributed by atoms with E-state index >= 15 is 0 Å². The molecule has 1 saturated heterocycles. The lowest BCUT2D eigenvalue weighted by molar-refractivity contribution is -0.121. The lowest BCUT2D eigenvalue weighted by Gasteiger charge is -2.39. The van der Waals surface area contributed by atoms with Gasteiger partial charge in [-0.2, -0.15) is 4.98 Å². The molecule has 1 aromatic heterocycles. The molecule has 0 aliphatic carbocycles. The molecule has 0 atom stereocenters. The van der Waals surface area contributed by atoms with Crippen LogP contribution in [0.2, 0.25) is 0 Å². The van der Waals surface area contributed by atoms with Crippen molar-refractivity contribution in [1.82, 2.24) is 15.5 Å². The first kappa shape index (κ1) is 21.5. The Balaban J connectivity index is 1.53. The molecule has 3 rings (SSSR count). The molecule has 6 nitrogen and oxygen atoms in total. The van der Waals surface area contributed by atoms with Crippen LogP contribution in [0.5, 0.6) is 0 Å². The Morgan fingerprint density at radius 3 is 2.59 bits per heavy atom. The van der Waals surface area contributed by atoms with Crippen LogP contribution in [0.4, 0.5) is 0 Å². The molecule has 0 spiro atoms. The predicted molar refractivity (Wildman–Crippen MR) is 112 cm³/mol. The summed E-state index contributed by atoms with van der Waals surface area (Å²) >= 11 is 0. The van der Waals surface area contributed by atoms with Crippen molar-refractivity contribution in [3.63, 3.8) is 0 Å². The number of carbonyl (C=O) groups excluding carboxylic acids is 1. The van der Waals surface area contributed by atoms with Crippen LogP contribution in [-0.2, 0) is 26.8 Å². The molecule has 0 unspecified atom stereocenters. The van der Waals surface area contributed by atoms with Gasteiger partial charge in [0.2, 0.25) is 11.8 Å². The summed E-state index contributed by atoms with van der Waals surface area (Å²) in [6, 6.07) is 8.48. The molecule has 1 amide bonds. The zero-order chi connectivity index (χ0) is 20.9. The van der Waals surface area contributed by atoms with Crippen LogP contribution in [-0.4, -0.2) is 35.8 Å². The quantitative estimate of drug-likeness (QED) is 0.765. The molecule has 0 bridgehead atoms. The molecule has 6 heteroatoms. The largest absolute Gasteiger partial charge is 0.381 e. The SMILES string of the molecule is Cc1ccccc1C1(CNC(=O)CCCc2nc(C(C)(C)C)no2)CCOCC1. The van der Waals surface area contributed by atoms with Crippen molar-refractivity contribution in [1.29, 1.82) is 0 Å². The standard InChI is InChI=1S/C23H33N3O3/c1-17-8-5-6-9-18(17)23(12-14-28-15-13-23)16-24-19(27)10-7-11-20-25-21(26-29-20)22(2,3)4/h5-6,8-9H,7,10-16H2,1-4H3,(H,24,27). The zero-order valence-corrected chi connectivity index (χ0v) is 18.1. The number of rotatable bonds is 7. The molecular weight excluding hydrogens is 366 g/mol. The molecule has 29 heavy (non-hydrogen) atoms. The Bertz CT molecular complexity index is 817. The van der Waals surface area contributed by atoms with E-state index in [0.29, 0.717) is 37.5 Å². The number of aryl methyl sites for hydroxylation is 2. The van der Waals surface area contributed by atoms with Crippen molar-refractivity contribution in [2.24, 2.45) is 0 Å². The zero-order valence-electron chi connectivity index (χ0n) is 18.1. The van der Waals surface area contributed by atoms with Gasteiger partial charge >= 0.3 is 0 Å². The number of hydrogen-bond acceptors (Lipinski definition) is 5. The normalized spacial score (nSPS) is 16.6. The molecule has 1 aliphatic rings. The summed E-state index contributed by atoms with van der Waals surface area (Å²) in [4.78, 5) is 16.9. The van der Waals surface area contributed by atoms with Crippen molar-refractivity contribution in [3.05, 3.63) is 47.1 Å². The molecular formula is C23H33N3O3. The Hall–Kier alpha value is -2.21. The van der Waals surface area contributed by atoms with E-state index in [9.17, 15) is 4.79 Å². The number of aromatic nitrogens is 2. The van der Waals surface area contributed by atoms with Crippen LogP contribution in [0.25, 0.3) is 0 Å². The number of nitrogens with one attached hydrogen (secondary N) is 1. The summed E-state index contributed by atoms with van der Waals surface area (Å²) < 4.78 is 10.9. The summed E-state index contributed by atoms with van der Waals surface area (Å²) in [6.07, 6.45) is 3.62. The molecule has 1 fully saturated rings. The number of amides is 1. The van der Waals surface area contributed by atoms with Crippen LogP contribution in [0.1, 0.15) is 69.3 Å². The second-order valence-electron chi connectivity index (χ2n) is 9.10. The lowest BCUT2D eigenvalue weighted by atomic mass is 9.72. The fraction of sp³-hybridized carbons (Fsp3) is 0.609. The van der Waals surface area contributed by atoms with Gasteiger partial charge in [-0.1, -0.05) is 50.2 Å². The maximum atomic E-state index is 12.5. The Kier molecular flexibility index (Phi) is 6.73. The second-order valence-corrected chi connectivity index (χ2v) is 9.10. The monoisotopic (exact) mass is 399 g/mol. The van der Waals surface area contributed by atoms with Gasteiger partial charge in [0, 0.05) is 43.4 Å². The third-order valence-corrected chi connectivity index (χ3v) is 5.72. The third kappa shape index (κ3) is 5.44. The van der Waals surface area contributed by atoms with Gasteiger partial charge in [0.15, 0.2) is 5.82 Å². The average Bonchev–Trinajstić information content (AvgIpc) is 3.17. The number of nitrogens with zero attached hydrogens (tertiary/aromatic N) is 2. The van der Waals surface area contributed by atoms with Crippen molar-refractivity contribution in [2.45, 2.75) is 70.6 Å². The van der Waals surface area contributed by atoms with Gasteiger partial charge in [-0.15, -0.1) is 0 Å². The van der Waals surface area contributed by atoms with E-state index in [2.05, 4.69) is 67.4 Å². The smallest absolute Gasteiger partial charge is 0.226 e. The van der Waals surface area contributed by atoms with Gasteiger partial charge in [0.05, 0.1) is 0 Å². The van der Waals surface area contributed by atoms with Crippen LogP contribution < -0.4 is 5.32 Å². The first-order chi connectivity index (χ1) is 13.8. The molecule has 1 aromatic carbocycles. The highest BCUT2D eigenvalue weighted by molar-refractivity contribution is 5.76. The fourth-order valence-corrected chi connectivity index (χ4v) is 3.89. The topological polar surface area (TPSA) is 77.3 Å². The van der Waals surface area contributed by atoms with Crippen molar-refractivity contribution in [3.8, 4) is 0 Å². The lowest BCUT2D eigenvalue weighted by Crippen LogP contribution is -2.45. The van der Waals surface area contributed by atoms with Gasteiger partial charge in [-0.3, -0.25) is 4.79 Å². The highest BCUT2D eigenvalue weighted by atomic mass is 16.5. The Labute approximate surface area is 173 Å². The molecule has 2 aromatic rings.